The highest BCUT2D eigenvalue weighted by molar-refractivity contribution is 5.93. The summed E-state index contributed by atoms with van der Waals surface area (Å²) < 4.78 is 0. The number of benzene rings is 1. The molecule has 2 fully saturated rings. The molecule has 0 saturated carbocycles. The van der Waals surface area contributed by atoms with Crippen LogP contribution in [0.25, 0.3) is 16.5 Å². The van der Waals surface area contributed by atoms with Crippen molar-refractivity contribution in [3.8, 4) is 0 Å². The van der Waals surface area contributed by atoms with Crippen LogP contribution >= 0.6 is 0 Å². The highest BCUT2D eigenvalue weighted by Gasteiger charge is 2.21. The lowest BCUT2D eigenvalue weighted by Gasteiger charge is -2.33. The molecule has 0 spiro atoms. The Hall–Kier alpha value is -3.29. The van der Waals surface area contributed by atoms with Crippen molar-refractivity contribution in [3.63, 3.8) is 0 Å². The maximum atomic E-state index is 4.85. The fourth-order valence-corrected chi connectivity index (χ4v) is 5.23. The molecule has 7 nitrogen and oxygen atoms in total. The third-order valence-corrected chi connectivity index (χ3v) is 7.68. The average molecular weight is 484 g/mol. The van der Waals surface area contributed by atoms with E-state index in [4.69, 9.17) is 4.98 Å². The maximum Gasteiger partial charge on any atom is 0.139 e. The number of anilines is 2. The van der Waals surface area contributed by atoms with Gasteiger partial charge in [-0.2, -0.15) is 0 Å². The summed E-state index contributed by atoms with van der Waals surface area (Å²) in [4.78, 5) is 21.1. The number of piperazine rings is 1. The Kier molecular flexibility index (Phi) is 7.03. The molecule has 0 amide bonds. The van der Waals surface area contributed by atoms with Crippen LogP contribution in [0.4, 0.5) is 11.6 Å². The lowest BCUT2D eigenvalue weighted by molar-refractivity contribution is 0.239. The summed E-state index contributed by atoms with van der Waals surface area (Å²) in [5, 5.41) is 4.53. The van der Waals surface area contributed by atoms with Gasteiger partial charge < -0.3 is 20.0 Å². The molecule has 4 heterocycles. The number of aryl methyl sites for hydroxylation is 1. The van der Waals surface area contributed by atoms with Crippen molar-refractivity contribution in [1.82, 2.24) is 24.8 Å². The molecule has 2 aromatic heterocycles. The van der Waals surface area contributed by atoms with Crippen LogP contribution in [-0.4, -0.2) is 78.1 Å². The van der Waals surface area contributed by atoms with Crippen LogP contribution in [0.15, 0.2) is 55.5 Å². The molecule has 0 unspecified atom stereocenters. The van der Waals surface area contributed by atoms with E-state index in [0.29, 0.717) is 5.92 Å². The molecule has 2 aliphatic rings. The fourth-order valence-electron chi connectivity index (χ4n) is 5.23. The van der Waals surface area contributed by atoms with Gasteiger partial charge in [-0.1, -0.05) is 19.2 Å². The van der Waals surface area contributed by atoms with Gasteiger partial charge in [-0.15, -0.1) is 0 Å². The minimum Gasteiger partial charge on any atom is -0.353 e. The van der Waals surface area contributed by atoms with Crippen LogP contribution in [0, 0.1) is 12.8 Å². The molecule has 2 aliphatic heterocycles. The highest BCUT2D eigenvalue weighted by atomic mass is 15.3. The van der Waals surface area contributed by atoms with Gasteiger partial charge in [0.25, 0.3) is 0 Å². The van der Waals surface area contributed by atoms with E-state index in [1.54, 1.807) is 6.33 Å². The van der Waals surface area contributed by atoms with Gasteiger partial charge in [0.1, 0.15) is 18.0 Å². The Labute approximate surface area is 214 Å². The first kappa shape index (κ1) is 24.4. The van der Waals surface area contributed by atoms with Gasteiger partial charge in [0, 0.05) is 54.4 Å². The Bertz CT molecular complexity index is 1270. The molecule has 2 saturated heterocycles. The third kappa shape index (κ3) is 5.13. The predicted octanol–water partition coefficient (Wildman–Crippen LogP) is 4.41. The van der Waals surface area contributed by atoms with E-state index in [1.807, 2.05) is 13.0 Å². The molecule has 188 valence electrons. The summed E-state index contributed by atoms with van der Waals surface area (Å²) in [6.07, 6.45) is 3.94. The number of hydrogen-bond donors (Lipinski definition) is 1. The molecule has 7 heteroatoms. The van der Waals surface area contributed by atoms with Gasteiger partial charge in [0.05, 0.1) is 5.52 Å². The standard InChI is InChI=1S/C29H37N7/c1-20(25-7-9-28(33-22(25)3)32-21(2)23-10-12-34(4)13-11-23)24-6-8-27-26(18-24)29(31-19-30-27)36-16-14-35(5)15-17-36/h6-9,18-19,23H,1-2,10-17H2,3-5H3,(H,32,33). The SMILES string of the molecule is C=C(c1ccc2ncnc(N3CCN(C)CC3)c2c1)c1ccc(NC(=C)C2CCN(C)CC2)nc1C. The third-order valence-electron chi connectivity index (χ3n) is 7.68. The number of piperidine rings is 1. The summed E-state index contributed by atoms with van der Waals surface area (Å²) >= 11 is 0. The first-order valence-corrected chi connectivity index (χ1v) is 12.9. The quantitative estimate of drug-likeness (QED) is 0.557. The van der Waals surface area contributed by atoms with Crippen molar-refractivity contribution < 1.29 is 0 Å². The van der Waals surface area contributed by atoms with Gasteiger partial charge in [0.15, 0.2) is 0 Å². The molecule has 0 radical (unpaired) electrons. The molecule has 0 atom stereocenters. The number of likely N-dealkylation sites (N-methyl/N-ethyl adjacent to an activating group) is 1. The Morgan fingerprint density at radius 1 is 0.917 bits per heavy atom. The Morgan fingerprint density at radius 3 is 2.36 bits per heavy atom. The molecule has 3 aromatic rings. The number of pyridine rings is 1. The molecule has 0 bridgehead atoms. The van der Waals surface area contributed by atoms with Crippen LogP contribution in [0.5, 0.6) is 0 Å². The molecule has 1 aromatic carbocycles. The summed E-state index contributed by atoms with van der Waals surface area (Å²) in [5.41, 5.74) is 6.03. The normalized spacial score (nSPS) is 17.9. The van der Waals surface area contributed by atoms with Gasteiger partial charge >= 0.3 is 0 Å². The Morgan fingerprint density at radius 2 is 1.64 bits per heavy atom. The van der Waals surface area contributed by atoms with Crippen molar-refractivity contribution in [2.24, 2.45) is 5.92 Å². The summed E-state index contributed by atoms with van der Waals surface area (Å²) in [6, 6.07) is 10.5. The number of nitrogens with one attached hydrogen (secondary N) is 1. The van der Waals surface area contributed by atoms with Crippen molar-refractivity contribution >= 4 is 28.1 Å². The second kappa shape index (κ2) is 10.4. The van der Waals surface area contributed by atoms with Crippen molar-refractivity contribution in [3.05, 3.63) is 72.3 Å². The summed E-state index contributed by atoms with van der Waals surface area (Å²) in [6.45, 7) is 17.0. The van der Waals surface area contributed by atoms with Gasteiger partial charge in [-0.3, -0.25) is 0 Å². The zero-order valence-electron chi connectivity index (χ0n) is 21.8. The van der Waals surface area contributed by atoms with Crippen molar-refractivity contribution in [2.75, 3.05) is 63.6 Å². The molecule has 36 heavy (non-hydrogen) atoms. The average Bonchev–Trinajstić information content (AvgIpc) is 2.88. The first-order chi connectivity index (χ1) is 17.4. The van der Waals surface area contributed by atoms with Crippen LogP contribution < -0.4 is 10.2 Å². The largest absolute Gasteiger partial charge is 0.353 e. The number of aromatic nitrogens is 3. The van der Waals surface area contributed by atoms with E-state index >= 15 is 0 Å². The number of nitrogens with zero attached hydrogens (tertiary/aromatic N) is 6. The lowest BCUT2D eigenvalue weighted by atomic mass is 9.94. The van der Waals surface area contributed by atoms with E-state index in [2.05, 4.69) is 81.5 Å². The van der Waals surface area contributed by atoms with Gasteiger partial charge in [-0.25, -0.2) is 15.0 Å². The zero-order valence-corrected chi connectivity index (χ0v) is 21.8. The zero-order chi connectivity index (χ0) is 25.2. The first-order valence-electron chi connectivity index (χ1n) is 12.9. The molecule has 1 N–H and O–H groups in total. The molecule has 5 rings (SSSR count). The van der Waals surface area contributed by atoms with E-state index in [-0.39, 0.29) is 0 Å². The smallest absolute Gasteiger partial charge is 0.139 e. The molecular weight excluding hydrogens is 446 g/mol. The molecule has 0 aliphatic carbocycles. The maximum absolute atomic E-state index is 4.85. The van der Waals surface area contributed by atoms with Crippen molar-refractivity contribution in [1.29, 1.82) is 0 Å². The second-order valence-corrected chi connectivity index (χ2v) is 10.3. The topological polar surface area (TPSA) is 60.4 Å². The monoisotopic (exact) mass is 483 g/mol. The number of allylic oxidation sites excluding steroid dienone is 1. The fraction of sp³-hybridized carbons (Fsp3) is 0.414. The van der Waals surface area contributed by atoms with Gasteiger partial charge in [0.2, 0.25) is 0 Å². The van der Waals surface area contributed by atoms with E-state index in [1.165, 1.54) is 0 Å². The minimum atomic E-state index is 0.493. The van der Waals surface area contributed by atoms with Crippen LogP contribution in [-0.2, 0) is 0 Å². The Balaban J connectivity index is 1.35. The van der Waals surface area contributed by atoms with E-state index in [9.17, 15) is 0 Å². The lowest BCUT2D eigenvalue weighted by Crippen LogP contribution is -2.44. The number of fused-ring (bicyclic) bond motifs is 1. The van der Waals surface area contributed by atoms with Crippen LogP contribution in [0.2, 0.25) is 0 Å². The predicted molar refractivity (Wildman–Crippen MR) is 149 cm³/mol. The van der Waals surface area contributed by atoms with Gasteiger partial charge in [-0.05, 0) is 82.4 Å². The van der Waals surface area contributed by atoms with Crippen LogP contribution in [0.1, 0.15) is 29.7 Å². The second-order valence-electron chi connectivity index (χ2n) is 10.3. The number of likely N-dealkylation sites (tertiary alicyclic amines) is 1. The summed E-state index contributed by atoms with van der Waals surface area (Å²) in [7, 11) is 4.35. The summed E-state index contributed by atoms with van der Waals surface area (Å²) in [5.74, 6) is 2.34. The van der Waals surface area contributed by atoms with E-state index < -0.39 is 0 Å². The van der Waals surface area contributed by atoms with Crippen LogP contribution in [0.3, 0.4) is 0 Å². The van der Waals surface area contributed by atoms with E-state index in [0.717, 1.165) is 103 Å². The molecular formula is C29H37N7. The number of hydrogen-bond acceptors (Lipinski definition) is 7. The number of rotatable bonds is 6. The minimum absolute atomic E-state index is 0.493. The van der Waals surface area contributed by atoms with Crippen molar-refractivity contribution in [2.45, 2.75) is 19.8 Å². The highest BCUT2D eigenvalue weighted by Crippen LogP contribution is 2.31.